The first-order chi connectivity index (χ1) is 11.5. The molecule has 1 aromatic rings. The Balaban J connectivity index is 1.97. The average Bonchev–Trinajstić information content (AvgIpc) is 2.55. The van der Waals surface area contributed by atoms with Crippen LogP contribution in [0.3, 0.4) is 0 Å². The van der Waals surface area contributed by atoms with E-state index in [-0.39, 0.29) is 17.9 Å². The van der Waals surface area contributed by atoms with Crippen LogP contribution in [0.15, 0.2) is 24.3 Å². The Bertz CT molecular complexity index is 548. The number of likely N-dealkylation sites (tertiary alicyclic amines) is 1. The van der Waals surface area contributed by atoms with Crippen LogP contribution in [-0.2, 0) is 9.59 Å². The third-order valence-corrected chi connectivity index (χ3v) is 4.70. The number of nitrogens with one attached hydrogen (secondary N) is 2. The lowest BCUT2D eigenvalue weighted by molar-refractivity contribution is -0.133. The number of aryl methyl sites for hydroxylation is 1. The van der Waals surface area contributed by atoms with Gasteiger partial charge in [-0.15, -0.1) is 0 Å². The quantitative estimate of drug-likeness (QED) is 0.838. The fourth-order valence-electron chi connectivity index (χ4n) is 3.28. The molecule has 0 spiro atoms. The molecule has 2 rings (SSSR count). The first kappa shape index (κ1) is 18.5. The summed E-state index contributed by atoms with van der Waals surface area (Å²) >= 11 is 0. The van der Waals surface area contributed by atoms with Crippen molar-refractivity contribution < 1.29 is 9.59 Å². The number of nitrogens with zero attached hydrogens (tertiary/aromatic N) is 1. The second kappa shape index (κ2) is 8.83. The molecule has 132 valence electrons. The summed E-state index contributed by atoms with van der Waals surface area (Å²) in [7, 11) is 1.97. The summed E-state index contributed by atoms with van der Waals surface area (Å²) in [6.07, 6.45) is 2.41. The number of rotatable bonds is 6. The molecule has 1 atom stereocenters. The summed E-state index contributed by atoms with van der Waals surface area (Å²) in [6.45, 7) is 6.16. The predicted molar refractivity (Wildman–Crippen MR) is 95.6 cm³/mol. The minimum absolute atomic E-state index is 0.110. The van der Waals surface area contributed by atoms with Gasteiger partial charge in [-0.1, -0.05) is 29.8 Å². The van der Waals surface area contributed by atoms with Gasteiger partial charge in [-0.25, -0.2) is 0 Å². The van der Waals surface area contributed by atoms with Gasteiger partial charge in [-0.2, -0.15) is 0 Å². The van der Waals surface area contributed by atoms with Crippen molar-refractivity contribution in [2.75, 3.05) is 26.7 Å². The molecule has 1 aliphatic heterocycles. The van der Waals surface area contributed by atoms with E-state index >= 15 is 0 Å². The van der Waals surface area contributed by atoms with Crippen LogP contribution < -0.4 is 10.6 Å². The summed E-state index contributed by atoms with van der Waals surface area (Å²) in [5.41, 5.74) is 2.15. The van der Waals surface area contributed by atoms with Gasteiger partial charge in [0, 0.05) is 20.0 Å². The fraction of sp³-hybridized carbons (Fsp3) is 0.579. The highest BCUT2D eigenvalue weighted by Gasteiger charge is 2.25. The minimum Gasteiger partial charge on any atom is -0.349 e. The molecule has 1 aliphatic rings. The van der Waals surface area contributed by atoms with E-state index in [9.17, 15) is 9.59 Å². The molecule has 1 heterocycles. The third-order valence-electron chi connectivity index (χ3n) is 4.70. The Morgan fingerprint density at radius 1 is 1.21 bits per heavy atom. The molecule has 2 N–H and O–H groups in total. The lowest BCUT2D eigenvalue weighted by Crippen LogP contribution is -2.42. The average molecular weight is 331 g/mol. The number of amides is 2. The van der Waals surface area contributed by atoms with Gasteiger partial charge in [0.1, 0.15) is 0 Å². The Morgan fingerprint density at radius 3 is 2.38 bits per heavy atom. The molecule has 0 saturated carbocycles. The minimum atomic E-state index is -0.259. The van der Waals surface area contributed by atoms with E-state index in [0.717, 1.165) is 38.0 Å². The van der Waals surface area contributed by atoms with Crippen molar-refractivity contribution >= 4 is 11.8 Å². The topological polar surface area (TPSA) is 61.4 Å². The van der Waals surface area contributed by atoms with Crippen molar-refractivity contribution in [3.05, 3.63) is 35.4 Å². The predicted octanol–water partition coefficient (Wildman–Crippen LogP) is 2.02. The first-order valence-corrected chi connectivity index (χ1v) is 8.75. The lowest BCUT2D eigenvalue weighted by atomic mass is 9.95. The first-order valence-electron chi connectivity index (χ1n) is 8.75. The number of benzene rings is 1. The van der Waals surface area contributed by atoms with Gasteiger partial charge in [0.25, 0.3) is 0 Å². The van der Waals surface area contributed by atoms with Crippen LogP contribution in [0.1, 0.15) is 43.4 Å². The van der Waals surface area contributed by atoms with Crippen molar-refractivity contribution in [3.8, 4) is 0 Å². The van der Waals surface area contributed by atoms with Crippen molar-refractivity contribution in [2.24, 2.45) is 5.92 Å². The van der Waals surface area contributed by atoms with E-state index < -0.39 is 0 Å². The number of carbonyl (C=O) groups excluding carboxylic acids is 2. The normalized spacial score (nSPS) is 16.7. The van der Waals surface area contributed by atoms with Crippen LogP contribution in [-0.4, -0.2) is 43.4 Å². The van der Waals surface area contributed by atoms with E-state index in [1.807, 2.05) is 43.1 Å². The maximum atomic E-state index is 12.7. The Morgan fingerprint density at radius 2 is 1.83 bits per heavy atom. The molecule has 1 aromatic carbocycles. The van der Waals surface area contributed by atoms with Gasteiger partial charge in [0.05, 0.1) is 12.5 Å². The number of carbonyl (C=O) groups is 2. The lowest BCUT2D eigenvalue weighted by Gasteiger charge is -2.33. The monoisotopic (exact) mass is 331 g/mol. The van der Waals surface area contributed by atoms with Crippen LogP contribution in [0, 0.1) is 12.8 Å². The standard InChI is InChI=1S/C19H29N3O2/c1-14-4-6-17(7-5-14)18(21-15(2)23)12-19(24)22-10-8-16(9-11-22)13-20-3/h4-7,16,18,20H,8-13H2,1-3H3,(H,21,23). The Kier molecular flexibility index (Phi) is 6.79. The van der Waals surface area contributed by atoms with Gasteiger partial charge in [0.15, 0.2) is 0 Å². The van der Waals surface area contributed by atoms with Gasteiger partial charge in [-0.05, 0) is 44.8 Å². The Labute approximate surface area is 144 Å². The van der Waals surface area contributed by atoms with Gasteiger partial charge < -0.3 is 15.5 Å². The zero-order chi connectivity index (χ0) is 17.5. The van der Waals surface area contributed by atoms with Gasteiger partial charge in [-0.3, -0.25) is 9.59 Å². The molecular formula is C19H29N3O2. The number of piperidine rings is 1. The number of hydrogen-bond donors (Lipinski definition) is 2. The van der Waals surface area contributed by atoms with E-state index in [1.165, 1.54) is 12.5 Å². The van der Waals surface area contributed by atoms with Crippen molar-refractivity contribution in [3.63, 3.8) is 0 Å². The molecule has 1 saturated heterocycles. The second-order valence-corrected chi connectivity index (χ2v) is 6.75. The molecule has 0 bridgehead atoms. The maximum Gasteiger partial charge on any atom is 0.224 e. The van der Waals surface area contributed by atoms with Crippen molar-refractivity contribution in [2.45, 2.75) is 39.2 Å². The summed E-state index contributed by atoms with van der Waals surface area (Å²) < 4.78 is 0. The second-order valence-electron chi connectivity index (χ2n) is 6.75. The summed E-state index contributed by atoms with van der Waals surface area (Å²) in [6, 6.07) is 7.74. The molecule has 5 heteroatoms. The van der Waals surface area contributed by atoms with Crippen molar-refractivity contribution in [1.82, 2.24) is 15.5 Å². The fourth-order valence-corrected chi connectivity index (χ4v) is 3.28. The molecule has 2 amide bonds. The highest BCUT2D eigenvalue weighted by atomic mass is 16.2. The van der Waals surface area contributed by atoms with E-state index in [1.54, 1.807) is 0 Å². The summed E-state index contributed by atoms with van der Waals surface area (Å²) in [4.78, 5) is 26.1. The van der Waals surface area contributed by atoms with Crippen LogP contribution in [0.2, 0.25) is 0 Å². The van der Waals surface area contributed by atoms with Crippen LogP contribution in [0.5, 0.6) is 0 Å². The summed E-state index contributed by atoms with van der Waals surface area (Å²) in [5.74, 6) is 0.667. The van der Waals surface area contributed by atoms with E-state index in [0.29, 0.717) is 12.3 Å². The molecular weight excluding hydrogens is 302 g/mol. The molecule has 0 aromatic heterocycles. The SMILES string of the molecule is CNCC1CCN(C(=O)CC(NC(C)=O)c2ccc(C)cc2)CC1. The number of hydrogen-bond acceptors (Lipinski definition) is 3. The molecule has 0 radical (unpaired) electrons. The third kappa shape index (κ3) is 5.34. The van der Waals surface area contributed by atoms with Crippen LogP contribution in [0.4, 0.5) is 0 Å². The van der Waals surface area contributed by atoms with Crippen molar-refractivity contribution in [1.29, 1.82) is 0 Å². The highest BCUT2D eigenvalue weighted by molar-refractivity contribution is 5.79. The van der Waals surface area contributed by atoms with Gasteiger partial charge in [0.2, 0.25) is 11.8 Å². The highest BCUT2D eigenvalue weighted by Crippen LogP contribution is 2.22. The molecule has 24 heavy (non-hydrogen) atoms. The maximum absolute atomic E-state index is 12.7. The van der Waals surface area contributed by atoms with E-state index in [4.69, 9.17) is 0 Å². The van der Waals surface area contributed by atoms with Crippen LogP contribution in [0.25, 0.3) is 0 Å². The summed E-state index contributed by atoms with van der Waals surface area (Å²) in [5, 5.41) is 6.13. The zero-order valence-corrected chi connectivity index (χ0v) is 15.0. The van der Waals surface area contributed by atoms with Crippen LogP contribution >= 0.6 is 0 Å². The smallest absolute Gasteiger partial charge is 0.224 e. The molecule has 0 aliphatic carbocycles. The molecule has 1 unspecified atom stereocenters. The Hall–Kier alpha value is -1.88. The van der Waals surface area contributed by atoms with Gasteiger partial charge >= 0.3 is 0 Å². The van der Waals surface area contributed by atoms with E-state index in [2.05, 4.69) is 10.6 Å². The zero-order valence-electron chi connectivity index (χ0n) is 15.0. The molecule has 1 fully saturated rings. The molecule has 5 nitrogen and oxygen atoms in total. The largest absolute Gasteiger partial charge is 0.349 e.